The molecule has 1 unspecified atom stereocenters. The van der Waals surface area contributed by atoms with Gasteiger partial charge < -0.3 is 10.0 Å². The van der Waals surface area contributed by atoms with Crippen molar-refractivity contribution in [1.29, 1.82) is 0 Å². The summed E-state index contributed by atoms with van der Waals surface area (Å²) in [6.45, 7) is 6.78. The highest BCUT2D eigenvalue weighted by atomic mass is 16.3. The van der Waals surface area contributed by atoms with E-state index in [1.807, 2.05) is 13.0 Å². The minimum absolute atomic E-state index is 0.226. The Morgan fingerprint density at radius 3 is 2.44 bits per heavy atom. The highest BCUT2D eigenvalue weighted by Gasteiger charge is 2.15. The Labute approximate surface area is 109 Å². The van der Waals surface area contributed by atoms with E-state index in [9.17, 15) is 5.11 Å². The Hall–Kier alpha value is -1.32. The molecule has 18 heavy (non-hydrogen) atoms. The number of aliphatic hydroxyl groups is 1. The second kappa shape index (κ2) is 6.57. The van der Waals surface area contributed by atoms with E-state index in [2.05, 4.69) is 46.3 Å². The summed E-state index contributed by atoms with van der Waals surface area (Å²) in [4.78, 5) is 4.66. The van der Waals surface area contributed by atoms with Gasteiger partial charge in [0.2, 0.25) is 0 Å². The SMILES string of the molecule is CC(O)CN1CCN(/C=C/c2ccccc2)CC1. The Bertz CT molecular complexity index is 367. The van der Waals surface area contributed by atoms with Crippen molar-refractivity contribution in [2.75, 3.05) is 32.7 Å². The van der Waals surface area contributed by atoms with E-state index in [1.165, 1.54) is 5.56 Å². The average molecular weight is 246 g/mol. The predicted octanol–water partition coefficient (Wildman–Crippen LogP) is 1.66. The van der Waals surface area contributed by atoms with Crippen LogP contribution in [0.15, 0.2) is 36.5 Å². The number of rotatable bonds is 4. The van der Waals surface area contributed by atoms with E-state index in [4.69, 9.17) is 0 Å². The van der Waals surface area contributed by atoms with Gasteiger partial charge in [-0.2, -0.15) is 0 Å². The van der Waals surface area contributed by atoms with E-state index in [-0.39, 0.29) is 6.10 Å². The lowest BCUT2D eigenvalue weighted by Gasteiger charge is -2.34. The molecule has 1 aromatic rings. The van der Waals surface area contributed by atoms with Crippen LogP contribution in [-0.2, 0) is 0 Å². The lowest BCUT2D eigenvalue weighted by Crippen LogP contribution is -2.46. The molecule has 3 heteroatoms. The highest BCUT2D eigenvalue weighted by Crippen LogP contribution is 2.06. The van der Waals surface area contributed by atoms with Crippen molar-refractivity contribution in [3.63, 3.8) is 0 Å². The normalized spacial score (nSPS) is 19.3. The molecule has 1 saturated heterocycles. The summed E-state index contributed by atoms with van der Waals surface area (Å²) in [7, 11) is 0. The number of nitrogens with zero attached hydrogens (tertiary/aromatic N) is 2. The van der Waals surface area contributed by atoms with E-state index in [0.717, 1.165) is 32.7 Å². The zero-order chi connectivity index (χ0) is 12.8. The lowest BCUT2D eigenvalue weighted by atomic mass is 10.2. The molecule has 0 radical (unpaired) electrons. The van der Waals surface area contributed by atoms with E-state index < -0.39 is 0 Å². The summed E-state index contributed by atoms with van der Waals surface area (Å²) in [5.41, 5.74) is 1.24. The molecule has 1 N–H and O–H groups in total. The van der Waals surface area contributed by atoms with Crippen molar-refractivity contribution in [3.05, 3.63) is 42.1 Å². The number of hydrogen-bond donors (Lipinski definition) is 1. The zero-order valence-electron chi connectivity index (χ0n) is 11.0. The van der Waals surface area contributed by atoms with E-state index in [0.29, 0.717) is 0 Å². The third kappa shape index (κ3) is 4.17. The van der Waals surface area contributed by atoms with Gasteiger partial charge in [-0.25, -0.2) is 0 Å². The summed E-state index contributed by atoms with van der Waals surface area (Å²) >= 11 is 0. The maximum absolute atomic E-state index is 9.35. The van der Waals surface area contributed by atoms with Crippen LogP contribution in [0.3, 0.4) is 0 Å². The molecule has 98 valence electrons. The summed E-state index contributed by atoms with van der Waals surface area (Å²) in [5, 5.41) is 9.35. The van der Waals surface area contributed by atoms with Crippen LogP contribution in [-0.4, -0.2) is 53.7 Å². The van der Waals surface area contributed by atoms with Crippen molar-refractivity contribution in [2.45, 2.75) is 13.0 Å². The number of aliphatic hydroxyl groups excluding tert-OH is 1. The van der Waals surface area contributed by atoms with E-state index >= 15 is 0 Å². The first-order chi connectivity index (χ1) is 8.74. The Morgan fingerprint density at radius 2 is 1.83 bits per heavy atom. The fourth-order valence-corrected chi connectivity index (χ4v) is 2.22. The van der Waals surface area contributed by atoms with Gasteiger partial charge >= 0.3 is 0 Å². The molecule has 0 bridgehead atoms. The van der Waals surface area contributed by atoms with Crippen molar-refractivity contribution in [3.8, 4) is 0 Å². The summed E-state index contributed by atoms with van der Waals surface area (Å²) in [6.07, 6.45) is 4.11. The van der Waals surface area contributed by atoms with Crippen molar-refractivity contribution < 1.29 is 5.11 Å². The fraction of sp³-hybridized carbons (Fsp3) is 0.467. The standard InChI is InChI=1S/C15H22N2O/c1-14(18)13-17-11-9-16(10-12-17)8-7-15-5-3-2-4-6-15/h2-8,14,18H,9-13H2,1H3/b8-7+. The van der Waals surface area contributed by atoms with Crippen molar-refractivity contribution in [1.82, 2.24) is 9.80 Å². The van der Waals surface area contributed by atoms with Crippen LogP contribution in [0.25, 0.3) is 6.08 Å². The van der Waals surface area contributed by atoms with Gasteiger partial charge in [0.1, 0.15) is 0 Å². The molecule has 1 aliphatic heterocycles. The van der Waals surface area contributed by atoms with Gasteiger partial charge in [0.15, 0.2) is 0 Å². The van der Waals surface area contributed by atoms with Crippen LogP contribution >= 0.6 is 0 Å². The van der Waals surface area contributed by atoms with Gasteiger partial charge in [-0.15, -0.1) is 0 Å². The Balaban J connectivity index is 1.78. The van der Waals surface area contributed by atoms with Crippen LogP contribution in [0.1, 0.15) is 12.5 Å². The molecule has 3 nitrogen and oxygen atoms in total. The van der Waals surface area contributed by atoms with Crippen molar-refractivity contribution >= 4 is 6.08 Å². The quantitative estimate of drug-likeness (QED) is 0.875. The minimum Gasteiger partial charge on any atom is -0.392 e. The van der Waals surface area contributed by atoms with Gasteiger partial charge in [-0.1, -0.05) is 30.3 Å². The highest BCUT2D eigenvalue weighted by molar-refractivity contribution is 5.48. The first-order valence-corrected chi connectivity index (χ1v) is 6.62. The topological polar surface area (TPSA) is 26.7 Å². The molecule has 0 spiro atoms. The molecular formula is C15H22N2O. The summed E-state index contributed by atoms with van der Waals surface area (Å²) < 4.78 is 0. The fourth-order valence-electron chi connectivity index (χ4n) is 2.22. The Kier molecular flexibility index (Phi) is 4.79. The zero-order valence-corrected chi connectivity index (χ0v) is 11.0. The first-order valence-electron chi connectivity index (χ1n) is 6.62. The van der Waals surface area contributed by atoms with Gasteiger partial charge in [0, 0.05) is 32.7 Å². The molecule has 1 aliphatic rings. The largest absolute Gasteiger partial charge is 0.392 e. The van der Waals surface area contributed by atoms with Crippen LogP contribution in [0.4, 0.5) is 0 Å². The van der Waals surface area contributed by atoms with Crippen molar-refractivity contribution in [2.24, 2.45) is 0 Å². The van der Waals surface area contributed by atoms with Crippen LogP contribution < -0.4 is 0 Å². The minimum atomic E-state index is -0.226. The number of β-amino-alcohol motifs (C(OH)–C–C–N with tert-alkyl or cyclic N) is 1. The number of piperazine rings is 1. The lowest BCUT2D eigenvalue weighted by molar-refractivity contribution is 0.0958. The van der Waals surface area contributed by atoms with Gasteiger partial charge in [-0.3, -0.25) is 4.90 Å². The summed E-state index contributed by atoms with van der Waals surface area (Å²) in [6, 6.07) is 10.4. The average Bonchev–Trinajstić information content (AvgIpc) is 2.38. The van der Waals surface area contributed by atoms with Crippen LogP contribution in [0.5, 0.6) is 0 Å². The second-order valence-corrected chi connectivity index (χ2v) is 4.91. The monoisotopic (exact) mass is 246 g/mol. The van der Waals surface area contributed by atoms with Gasteiger partial charge in [0.25, 0.3) is 0 Å². The molecule has 0 aromatic heterocycles. The van der Waals surface area contributed by atoms with Crippen LogP contribution in [0.2, 0.25) is 0 Å². The molecule has 1 aromatic carbocycles. The van der Waals surface area contributed by atoms with Crippen LogP contribution in [0, 0.1) is 0 Å². The molecule has 1 fully saturated rings. The van der Waals surface area contributed by atoms with Gasteiger partial charge in [0.05, 0.1) is 6.10 Å². The number of benzene rings is 1. The van der Waals surface area contributed by atoms with E-state index in [1.54, 1.807) is 0 Å². The predicted molar refractivity (Wildman–Crippen MR) is 75.2 cm³/mol. The number of hydrogen-bond acceptors (Lipinski definition) is 3. The molecule has 0 aliphatic carbocycles. The molecule has 0 amide bonds. The molecule has 1 atom stereocenters. The second-order valence-electron chi connectivity index (χ2n) is 4.91. The Morgan fingerprint density at radius 1 is 1.17 bits per heavy atom. The summed E-state index contributed by atoms with van der Waals surface area (Å²) in [5.74, 6) is 0. The molecular weight excluding hydrogens is 224 g/mol. The molecule has 2 rings (SSSR count). The van der Waals surface area contributed by atoms with Gasteiger partial charge in [-0.05, 0) is 24.8 Å². The third-order valence-electron chi connectivity index (χ3n) is 3.21. The maximum atomic E-state index is 9.35. The smallest absolute Gasteiger partial charge is 0.0639 e. The first kappa shape index (κ1) is 13.1. The molecule has 1 heterocycles. The molecule has 0 saturated carbocycles. The maximum Gasteiger partial charge on any atom is 0.0639 e. The third-order valence-corrected chi connectivity index (χ3v) is 3.21.